The zero-order valence-corrected chi connectivity index (χ0v) is 9.62. The molecule has 1 fully saturated rings. The Balaban J connectivity index is 2.85. The molecule has 2 unspecified atom stereocenters. The number of rotatable bonds is 3. The highest BCUT2D eigenvalue weighted by Crippen LogP contribution is 2.42. The Morgan fingerprint density at radius 1 is 1.53 bits per heavy atom. The summed E-state index contributed by atoms with van der Waals surface area (Å²) in [6.07, 6.45) is 2.62. The molecule has 88 valence electrons. The predicted octanol–water partition coefficient (Wildman–Crippen LogP) is 1.42. The minimum Gasteiger partial charge on any atom is -0.481 e. The molecule has 0 aromatic rings. The van der Waals surface area contributed by atoms with Gasteiger partial charge in [-0.05, 0) is 33.1 Å². The van der Waals surface area contributed by atoms with E-state index in [2.05, 4.69) is 0 Å². The maximum Gasteiger partial charge on any atom is 0.312 e. The van der Waals surface area contributed by atoms with Crippen molar-refractivity contribution in [3.63, 3.8) is 0 Å². The molecule has 0 heterocycles. The molecule has 4 nitrogen and oxygen atoms in total. The van der Waals surface area contributed by atoms with Crippen LogP contribution in [0.3, 0.4) is 0 Å². The third kappa shape index (κ3) is 2.16. The van der Waals surface area contributed by atoms with Crippen LogP contribution in [0.2, 0.25) is 0 Å². The van der Waals surface area contributed by atoms with Crippen molar-refractivity contribution in [1.82, 2.24) is 0 Å². The van der Waals surface area contributed by atoms with Gasteiger partial charge in [0.1, 0.15) is 0 Å². The molecule has 0 aromatic heterocycles. The van der Waals surface area contributed by atoms with Gasteiger partial charge in [-0.25, -0.2) is 0 Å². The molecule has 0 bridgehead atoms. The van der Waals surface area contributed by atoms with Gasteiger partial charge in [0.2, 0.25) is 0 Å². The standard InChI is InChI=1S/C11H20O4/c1-10(2,9(12)13)11(14)6-4-5-8(7-11)15-3/h8,14H,4-7H2,1-3H3,(H,12,13). The lowest BCUT2D eigenvalue weighted by atomic mass is 9.66. The Hall–Kier alpha value is -0.610. The van der Waals surface area contributed by atoms with Crippen molar-refractivity contribution in [2.24, 2.45) is 5.41 Å². The fourth-order valence-corrected chi connectivity index (χ4v) is 2.17. The van der Waals surface area contributed by atoms with Crippen molar-refractivity contribution < 1.29 is 19.7 Å². The Bertz CT molecular complexity index is 249. The van der Waals surface area contributed by atoms with Gasteiger partial charge in [-0.1, -0.05) is 0 Å². The van der Waals surface area contributed by atoms with E-state index in [1.54, 1.807) is 21.0 Å². The van der Waals surface area contributed by atoms with Crippen LogP contribution in [0.4, 0.5) is 0 Å². The van der Waals surface area contributed by atoms with Gasteiger partial charge in [0.15, 0.2) is 0 Å². The Morgan fingerprint density at radius 3 is 2.60 bits per heavy atom. The van der Waals surface area contributed by atoms with Crippen LogP contribution in [0.25, 0.3) is 0 Å². The topological polar surface area (TPSA) is 66.8 Å². The Morgan fingerprint density at radius 2 is 2.13 bits per heavy atom. The molecule has 0 radical (unpaired) electrons. The zero-order valence-electron chi connectivity index (χ0n) is 9.62. The summed E-state index contributed by atoms with van der Waals surface area (Å²) in [6, 6.07) is 0. The summed E-state index contributed by atoms with van der Waals surface area (Å²) in [7, 11) is 1.60. The Kier molecular flexibility index (Phi) is 3.41. The lowest BCUT2D eigenvalue weighted by molar-refractivity contribution is -0.175. The predicted molar refractivity (Wildman–Crippen MR) is 55.6 cm³/mol. The highest BCUT2D eigenvalue weighted by atomic mass is 16.5. The fourth-order valence-electron chi connectivity index (χ4n) is 2.17. The van der Waals surface area contributed by atoms with Crippen LogP contribution in [-0.4, -0.2) is 35.0 Å². The number of hydrogen-bond acceptors (Lipinski definition) is 3. The summed E-state index contributed by atoms with van der Waals surface area (Å²) < 4.78 is 5.21. The molecular weight excluding hydrogens is 196 g/mol. The first-order chi connectivity index (χ1) is 6.83. The smallest absolute Gasteiger partial charge is 0.312 e. The first-order valence-electron chi connectivity index (χ1n) is 5.32. The number of aliphatic carboxylic acids is 1. The molecule has 0 amide bonds. The third-order valence-corrected chi connectivity index (χ3v) is 3.71. The van der Waals surface area contributed by atoms with Crippen molar-refractivity contribution in [2.45, 2.75) is 51.2 Å². The Labute approximate surface area is 90.2 Å². The molecule has 1 aliphatic rings. The SMILES string of the molecule is COC1CCCC(O)(C(C)(C)C(=O)O)C1. The quantitative estimate of drug-likeness (QED) is 0.748. The third-order valence-electron chi connectivity index (χ3n) is 3.71. The van der Waals surface area contributed by atoms with Gasteiger partial charge in [-0.3, -0.25) is 4.79 Å². The summed E-state index contributed by atoms with van der Waals surface area (Å²) >= 11 is 0. The molecule has 1 aliphatic carbocycles. The number of ether oxygens (including phenoxy) is 1. The van der Waals surface area contributed by atoms with Crippen LogP contribution in [0, 0.1) is 5.41 Å². The molecule has 1 saturated carbocycles. The monoisotopic (exact) mass is 216 g/mol. The van der Waals surface area contributed by atoms with Gasteiger partial charge in [0.25, 0.3) is 0 Å². The minimum absolute atomic E-state index is 0.0256. The highest BCUT2D eigenvalue weighted by molar-refractivity contribution is 5.75. The lowest BCUT2D eigenvalue weighted by Crippen LogP contribution is -2.53. The van der Waals surface area contributed by atoms with E-state index in [-0.39, 0.29) is 6.10 Å². The van der Waals surface area contributed by atoms with Crippen molar-refractivity contribution >= 4 is 5.97 Å². The summed E-state index contributed by atoms with van der Waals surface area (Å²) in [6.45, 7) is 3.15. The first-order valence-corrected chi connectivity index (χ1v) is 5.32. The van der Waals surface area contributed by atoms with E-state index < -0.39 is 17.0 Å². The van der Waals surface area contributed by atoms with Gasteiger partial charge in [-0.15, -0.1) is 0 Å². The largest absolute Gasteiger partial charge is 0.481 e. The summed E-state index contributed by atoms with van der Waals surface area (Å²) in [5, 5.41) is 19.5. The van der Waals surface area contributed by atoms with Crippen LogP contribution < -0.4 is 0 Å². The molecule has 4 heteroatoms. The molecule has 15 heavy (non-hydrogen) atoms. The number of carboxylic acid groups (broad SMARTS) is 1. The molecule has 2 N–H and O–H groups in total. The summed E-state index contributed by atoms with van der Waals surface area (Å²) in [5.41, 5.74) is -2.28. The normalized spacial score (nSPS) is 32.7. The van der Waals surface area contributed by atoms with Crippen LogP contribution in [0.15, 0.2) is 0 Å². The van der Waals surface area contributed by atoms with Crippen LogP contribution >= 0.6 is 0 Å². The summed E-state index contributed by atoms with van der Waals surface area (Å²) in [4.78, 5) is 11.1. The van der Waals surface area contributed by atoms with Crippen molar-refractivity contribution in [1.29, 1.82) is 0 Å². The van der Waals surface area contributed by atoms with E-state index in [4.69, 9.17) is 9.84 Å². The van der Waals surface area contributed by atoms with Crippen molar-refractivity contribution in [3.05, 3.63) is 0 Å². The second-order valence-electron chi connectivity index (χ2n) is 4.92. The van der Waals surface area contributed by atoms with E-state index >= 15 is 0 Å². The van der Waals surface area contributed by atoms with Crippen LogP contribution in [0.1, 0.15) is 39.5 Å². The van der Waals surface area contributed by atoms with E-state index in [0.29, 0.717) is 12.8 Å². The van der Waals surface area contributed by atoms with Gasteiger partial charge < -0.3 is 14.9 Å². The van der Waals surface area contributed by atoms with Gasteiger partial charge in [0, 0.05) is 13.5 Å². The van der Waals surface area contributed by atoms with Crippen LogP contribution in [-0.2, 0) is 9.53 Å². The maximum atomic E-state index is 11.1. The molecular formula is C11H20O4. The zero-order chi connectivity index (χ0) is 11.7. The van der Waals surface area contributed by atoms with Crippen molar-refractivity contribution in [3.8, 4) is 0 Å². The van der Waals surface area contributed by atoms with E-state index in [0.717, 1.165) is 12.8 Å². The number of aliphatic hydroxyl groups is 1. The highest BCUT2D eigenvalue weighted by Gasteiger charge is 2.51. The molecule has 2 atom stereocenters. The molecule has 0 aliphatic heterocycles. The molecule has 0 aromatic carbocycles. The number of carboxylic acids is 1. The van der Waals surface area contributed by atoms with E-state index in [1.807, 2.05) is 0 Å². The summed E-state index contributed by atoms with van der Waals surface area (Å²) in [5.74, 6) is -0.957. The fraction of sp³-hybridized carbons (Fsp3) is 0.909. The van der Waals surface area contributed by atoms with Gasteiger partial charge in [-0.2, -0.15) is 0 Å². The average molecular weight is 216 g/mol. The van der Waals surface area contributed by atoms with Gasteiger partial charge >= 0.3 is 5.97 Å². The van der Waals surface area contributed by atoms with Gasteiger partial charge in [0.05, 0.1) is 17.1 Å². The average Bonchev–Trinajstić information content (AvgIpc) is 2.17. The second-order valence-corrected chi connectivity index (χ2v) is 4.92. The van der Waals surface area contributed by atoms with Crippen molar-refractivity contribution in [2.75, 3.05) is 7.11 Å². The number of methoxy groups -OCH3 is 1. The lowest BCUT2D eigenvalue weighted by Gasteiger charge is -2.44. The van der Waals surface area contributed by atoms with E-state index in [9.17, 15) is 9.90 Å². The second kappa shape index (κ2) is 4.10. The minimum atomic E-state index is -1.15. The van der Waals surface area contributed by atoms with E-state index in [1.165, 1.54) is 0 Å². The number of carbonyl (C=O) groups is 1. The van der Waals surface area contributed by atoms with Crippen LogP contribution in [0.5, 0.6) is 0 Å². The molecule has 0 spiro atoms. The number of hydrogen-bond donors (Lipinski definition) is 2. The maximum absolute atomic E-state index is 11.1. The molecule has 0 saturated heterocycles. The first kappa shape index (κ1) is 12.5. The molecule has 1 rings (SSSR count).